The van der Waals surface area contributed by atoms with Gasteiger partial charge in [0.15, 0.2) is 0 Å². The second-order valence-electron chi connectivity index (χ2n) is 7.15. The van der Waals surface area contributed by atoms with Gasteiger partial charge in [0.1, 0.15) is 22.6 Å². The molecule has 6 nitrogen and oxygen atoms in total. The molecule has 0 fully saturated rings. The predicted molar refractivity (Wildman–Crippen MR) is 126 cm³/mol. The van der Waals surface area contributed by atoms with Crippen molar-refractivity contribution in [3.05, 3.63) is 107 Å². The third-order valence-corrected chi connectivity index (χ3v) is 5.83. The molecular formula is C24H12Cl2N4O2. The van der Waals surface area contributed by atoms with E-state index in [1.165, 1.54) is 16.7 Å². The molecule has 0 saturated carbocycles. The number of halogens is 2. The molecule has 2 N–H and O–H groups in total. The van der Waals surface area contributed by atoms with Gasteiger partial charge in [-0.05, 0) is 24.3 Å². The Hall–Kier alpha value is -3.92. The molecule has 0 amide bonds. The van der Waals surface area contributed by atoms with Crippen LogP contribution in [0.5, 0.6) is 0 Å². The number of nitrogens with two attached hydrogens (primary N) is 1. The molecule has 32 heavy (non-hydrogen) atoms. The lowest BCUT2D eigenvalue weighted by Gasteiger charge is -2.14. The lowest BCUT2D eigenvalue weighted by molar-refractivity contribution is 0.994. The van der Waals surface area contributed by atoms with Gasteiger partial charge >= 0.3 is 0 Å². The fourth-order valence-electron chi connectivity index (χ4n) is 3.92. The first-order valence-corrected chi connectivity index (χ1v) is 10.2. The molecule has 0 radical (unpaired) electrons. The highest BCUT2D eigenvalue weighted by atomic mass is 35.5. The molecular weight excluding hydrogens is 447 g/mol. The number of aromatic nitrogens is 2. The number of hydrogen-bond acceptors (Lipinski definition) is 5. The second kappa shape index (κ2) is 7.34. The van der Waals surface area contributed by atoms with Crippen LogP contribution in [0, 0.1) is 22.0 Å². The summed E-state index contributed by atoms with van der Waals surface area (Å²) in [6.07, 6.45) is 0. The zero-order valence-electron chi connectivity index (χ0n) is 16.3. The van der Waals surface area contributed by atoms with Gasteiger partial charge < -0.3 is 5.73 Å². The third kappa shape index (κ3) is 2.83. The van der Waals surface area contributed by atoms with E-state index in [0.29, 0.717) is 10.9 Å². The second-order valence-corrected chi connectivity index (χ2v) is 7.99. The van der Waals surface area contributed by atoms with E-state index in [4.69, 9.17) is 28.9 Å². The standard InChI is InChI=1S/C24H12Cl2N4O2/c25-13-9-12(11-27)20(17(26)10-13)30-21-19(29-18-8-4-3-7-16(18)24(30)28)22(31)14-5-1-2-6-15(14)23(21)32/h1-10H,28H2. The van der Waals surface area contributed by atoms with Crippen LogP contribution in [0.3, 0.4) is 0 Å². The minimum absolute atomic E-state index is 0.0666. The van der Waals surface area contributed by atoms with Crippen LogP contribution in [0.25, 0.3) is 27.4 Å². The lowest BCUT2D eigenvalue weighted by atomic mass is 10.1. The van der Waals surface area contributed by atoms with Crippen molar-refractivity contribution in [3.8, 4) is 11.8 Å². The Morgan fingerprint density at radius 1 is 0.906 bits per heavy atom. The van der Waals surface area contributed by atoms with Crippen LogP contribution >= 0.6 is 23.2 Å². The van der Waals surface area contributed by atoms with Crippen molar-refractivity contribution >= 4 is 50.7 Å². The summed E-state index contributed by atoms with van der Waals surface area (Å²) in [6, 6.07) is 18.4. The summed E-state index contributed by atoms with van der Waals surface area (Å²) in [4.78, 5) is 31.6. The molecule has 0 unspecified atom stereocenters. The summed E-state index contributed by atoms with van der Waals surface area (Å²) in [6.45, 7) is 0. The minimum atomic E-state index is -0.454. The van der Waals surface area contributed by atoms with Gasteiger partial charge in [-0.25, -0.2) is 4.98 Å². The van der Waals surface area contributed by atoms with Crippen LogP contribution < -0.4 is 16.6 Å². The third-order valence-electron chi connectivity index (χ3n) is 5.32. The number of nitriles is 1. The normalized spacial score (nSPS) is 11.2. The number of para-hydroxylation sites is 1. The Bertz CT molecular complexity index is 1820. The summed E-state index contributed by atoms with van der Waals surface area (Å²) in [5, 5.41) is 11.0. The van der Waals surface area contributed by atoms with Gasteiger partial charge in [0.25, 0.3) is 0 Å². The zero-order valence-corrected chi connectivity index (χ0v) is 17.8. The van der Waals surface area contributed by atoms with Crippen LogP contribution in [-0.4, -0.2) is 9.55 Å². The Labute approximate surface area is 190 Å². The van der Waals surface area contributed by atoms with E-state index in [9.17, 15) is 14.9 Å². The van der Waals surface area contributed by atoms with E-state index in [-0.39, 0.29) is 48.6 Å². The number of nitrogens with zero attached hydrogens (tertiary/aromatic N) is 3. The molecule has 1 aliphatic carbocycles. The van der Waals surface area contributed by atoms with Gasteiger partial charge in [0.2, 0.25) is 10.9 Å². The molecule has 0 saturated heterocycles. The highest BCUT2D eigenvalue weighted by Crippen LogP contribution is 2.32. The molecule has 8 heteroatoms. The van der Waals surface area contributed by atoms with Gasteiger partial charge in [0, 0.05) is 21.2 Å². The maximum atomic E-state index is 13.7. The molecule has 0 atom stereocenters. The van der Waals surface area contributed by atoms with Gasteiger partial charge in [-0.1, -0.05) is 59.6 Å². The van der Waals surface area contributed by atoms with E-state index in [1.54, 1.807) is 48.5 Å². The largest absolute Gasteiger partial charge is 0.384 e. The topological polar surface area (TPSA) is 102 Å². The minimum Gasteiger partial charge on any atom is -0.384 e. The van der Waals surface area contributed by atoms with Crippen molar-refractivity contribution in [3.63, 3.8) is 0 Å². The van der Waals surface area contributed by atoms with E-state index in [1.807, 2.05) is 0 Å². The summed E-state index contributed by atoms with van der Waals surface area (Å²) >= 11 is 12.6. The van der Waals surface area contributed by atoms with Crippen molar-refractivity contribution in [1.82, 2.24) is 9.55 Å². The van der Waals surface area contributed by atoms with Crippen molar-refractivity contribution in [2.24, 2.45) is 0 Å². The molecule has 3 aromatic carbocycles. The zero-order chi connectivity index (χ0) is 22.6. The first-order chi connectivity index (χ1) is 15.4. The summed E-state index contributed by atoms with van der Waals surface area (Å²) in [5.41, 5.74) is 6.36. The van der Waals surface area contributed by atoms with Crippen LogP contribution in [0.1, 0.15) is 5.56 Å². The molecule has 1 heterocycles. The molecule has 2 aliphatic rings. The average Bonchev–Trinajstić information content (AvgIpc) is 2.92. The number of anilines is 1. The Balaban J connectivity index is 2.25. The van der Waals surface area contributed by atoms with Crippen LogP contribution in [0.15, 0.2) is 70.3 Å². The van der Waals surface area contributed by atoms with Crippen molar-refractivity contribution < 1.29 is 0 Å². The SMILES string of the molecule is N#Cc1cc(Cl)cc(Cl)c1-n1c(N)c2ccccc2nc2c(=O)c3ccccc3c(=O)c1=2. The molecule has 0 aromatic heterocycles. The molecule has 0 bridgehead atoms. The number of rotatable bonds is 1. The van der Waals surface area contributed by atoms with Crippen molar-refractivity contribution in [2.75, 3.05) is 5.73 Å². The number of benzene rings is 3. The first kappa shape index (κ1) is 20.0. The quantitative estimate of drug-likeness (QED) is 0.401. The molecule has 0 spiro atoms. The Kier molecular flexibility index (Phi) is 4.59. The highest BCUT2D eigenvalue weighted by molar-refractivity contribution is 6.36. The van der Waals surface area contributed by atoms with Gasteiger partial charge in [-0.15, -0.1) is 0 Å². The lowest BCUT2D eigenvalue weighted by Crippen LogP contribution is -2.21. The van der Waals surface area contributed by atoms with Crippen LogP contribution in [0.2, 0.25) is 10.0 Å². The number of fused-ring (bicyclic) bond motifs is 2. The van der Waals surface area contributed by atoms with Crippen molar-refractivity contribution in [2.45, 2.75) is 0 Å². The van der Waals surface area contributed by atoms with Crippen LogP contribution in [-0.2, 0) is 0 Å². The maximum absolute atomic E-state index is 13.7. The highest BCUT2D eigenvalue weighted by Gasteiger charge is 2.19. The van der Waals surface area contributed by atoms with E-state index >= 15 is 0 Å². The summed E-state index contributed by atoms with van der Waals surface area (Å²) in [5.74, 6) is 0.107. The van der Waals surface area contributed by atoms with Gasteiger partial charge in [-0.2, -0.15) is 5.26 Å². The molecule has 5 rings (SSSR count). The smallest absolute Gasteiger partial charge is 0.214 e. The Morgan fingerprint density at radius 3 is 2.22 bits per heavy atom. The fraction of sp³-hybridized carbons (Fsp3) is 0. The van der Waals surface area contributed by atoms with Gasteiger partial charge in [0.05, 0.1) is 21.8 Å². The molecule has 3 aromatic rings. The predicted octanol–water partition coefficient (Wildman–Crippen LogP) is 4.38. The number of nitrogen functional groups attached to an aromatic ring is 1. The van der Waals surface area contributed by atoms with Crippen LogP contribution in [0.4, 0.5) is 5.82 Å². The Morgan fingerprint density at radius 2 is 1.53 bits per heavy atom. The molecule has 154 valence electrons. The first-order valence-electron chi connectivity index (χ1n) is 9.48. The number of hydrogen-bond donors (Lipinski definition) is 1. The van der Waals surface area contributed by atoms with E-state index < -0.39 is 10.9 Å². The summed E-state index contributed by atoms with van der Waals surface area (Å²) < 4.78 is 1.35. The molecule has 1 aliphatic heterocycles. The van der Waals surface area contributed by atoms with Crippen molar-refractivity contribution in [1.29, 1.82) is 5.26 Å². The average molecular weight is 459 g/mol. The van der Waals surface area contributed by atoms with Gasteiger partial charge in [-0.3, -0.25) is 14.2 Å². The monoisotopic (exact) mass is 458 g/mol. The summed E-state index contributed by atoms with van der Waals surface area (Å²) in [7, 11) is 0. The maximum Gasteiger partial charge on any atom is 0.214 e. The van der Waals surface area contributed by atoms with E-state index in [2.05, 4.69) is 11.1 Å². The fourth-order valence-corrected chi connectivity index (χ4v) is 4.50. The van der Waals surface area contributed by atoms with E-state index in [0.717, 1.165) is 0 Å².